The van der Waals surface area contributed by atoms with Gasteiger partial charge in [0, 0.05) is 25.7 Å². The predicted octanol–water partition coefficient (Wildman–Crippen LogP) is 2.85. The molecule has 0 amide bonds. The van der Waals surface area contributed by atoms with E-state index in [1.165, 1.54) is 11.1 Å². The van der Waals surface area contributed by atoms with Crippen molar-refractivity contribution in [3.8, 4) is 0 Å². The minimum atomic E-state index is -0.731. The van der Waals surface area contributed by atoms with Crippen molar-refractivity contribution in [1.82, 2.24) is 0 Å². The van der Waals surface area contributed by atoms with Crippen LogP contribution in [0.2, 0.25) is 0 Å². The number of carboxylic acid groups (broad SMARTS) is 1. The van der Waals surface area contributed by atoms with Gasteiger partial charge in [-0.05, 0) is 43.0 Å². The third kappa shape index (κ3) is 4.10. The zero-order valence-electron chi connectivity index (χ0n) is 11.0. The molecular weight excluding hydrogens is 214 g/mol. The van der Waals surface area contributed by atoms with Crippen LogP contribution < -0.4 is 4.90 Å². The molecule has 0 radical (unpaired) electrons. The van der Waals surface area contributed by atoms with Crippen molar-refractivity contribution < 1.29 is 9.90 Å². The summed E-state index contributed by atoms with van der Waals surface area (Å²) in [5, 5.41) is 8.73. The van der Waals surface area contributed by atoms with Crippen LogP contribution in [-0.2, 0) is 4.79 Å². The van der Waals surface area contributed by atoms with Crippen LogP contribution in [0.15, 0.2) is 18.2 Å². The standard InChI is InChI=1S/C14H21NO2/c1-10(7-14(16)17)9-15(4)13-6-5-11(2)12(3)8-13/h5-6,8,10H,7,9H2,1-4H3,(H,16,17). The van der Waals surface area contributed by atoms with E-state index in [1.807, 2.05) is 14.0 Å². The number of aliphatic carboxylic acids is 1. The van der Waals surface area contributed by atoms with Crippen molar-refractivity contribution in [2.24, 2.45) is 5.92 Å². The zero-order valence-corrected chi connectivity index (χ0v) is 11.0. The molecule has 1 atom stereocenters. The predicted molar refractivity (Wildman–Crippen MR) is 70.6 cm³/mol. The summed E-state index contributed by atoms with van der Waals surface area (Å²) in [6.07, 6.45) is 0.217. The Morgan fingerprint density at radius 3 is 2.53 bits per heavy atom. The van der Waals surface area contributed by atoms with Crippen molar-refractivity contribution in [1.29, 1.82) is 0 Å². The SMILES string of the molecule is Cc1ccc(N(C)CC(C)CC(=O)O)cc1C. The van der Waals surface area contributed by atoms with Crippen LogP contribution in [0.25, 0.3) is 0 Å². The highest BCUT2D eigenvalue weighted by Gasteiger charge is 2.11. The Morgan fingerprint density at radius 1 is 1.35 bits per heavy atom. The minimum absolute atomic E-state index is 0.152. The molecule has 3 heteroatoms. The van der Waals surface area contributed by atoms with Gasteiger partial charge in [0.05, 0.1) is 0 Å². The highest BCUT2D eigenvalue weighted by atomic mass is 16.4. The second-order valence-electron chi connectivity index (χ2n) is 4.85. The molecule has 0 bridgehead atoms. The molecule has 3 nitrogen and oxygen atoms in total. The maximum atomic E-state index is 10.6. The molecule has 0 spiro atoms. The molecular formula is C14H21NO2. The zero-order chi connectivity index (χ0) is 13.0. The monoisotopic (exact) mass is 235 g/mol. The number of hydrogen-bond acceptors (Lipinski definition) is 2. The fourth-order valence-electron chi connectivity index (χ4n) is 1.90. The van der Waals surface area contributed by atoms with Gasteiger partial charge in [-0.15, -0.1) is 0 Å². The summed E-state index contributed by atoms with van der Waals surface area (Å²) in [7, 11) is 2.00. The van der Waals surface area contributed by atoms with Crippen LogP contribution in [0.4, 0.5) is 5.69 Å². The number of rotatable bonds is 5. The smallest absolute Gasteiger partial charge is 0.303 e. The number of nitrogens with zero attached hydrogens (tertiary/aromatic N) is 1. The third-order valence-electron chi connectivity index (χ3n) is 3.04. The van der Waals surface area contributed by atoms with Gasteiger partial charge in [0.1, 0.15) is 0 Å². The maximum Gasteiger partial charge on any atom is 0.303 e. The van der Waals surface area contributed by atoms with Gasteiger partial charge in [-0.25, -0.2) is 0 Å². The fraction of sp³-hybridized carbons (Fsp3) is 0.500. The molecule has 0 saturated heterocycles. The lowest BCUT2D eigenvalue weighted by Crippen LogP contribution is -2.25. The lowest BCUT2D eigenvalue weighted by Gasteiger charge is -2.23. The van der Waals surface area contributed by atoms with E-state index in [1.54, 1.807) is 0 Å². The van der Waals surface area contributed by atoms with Gasteiger partial charge in [-0.1, -0.05) is 13.0 Å². The molecule has 0 aliphatic rings. The highest BCUT2D eigenvalue weighted by molar-refractivity contribution is 5.67. The summed E-state index contributed by atoms with van der Waals surface area (Å²) in [6.45, 7) is 6.90. The molecule has 0 heterocycles. The Labute approximate surface area is 103 Å². The maximum absolute atomic E-state index is 10.6. The Bertz CT molecular complexity index is 401. The average molecular weight is 235 g/mol. The first-order chi connectivity index (χ1) is 7.90. The summed E-state index contributed by atoms with van der Waals surface area (Å²) in [5.74, 6) is -0.579. The molecule has 1 N–H and O–H groups in total. The average Bonchev–Trinajstić information content (AvgIpc) is 2.20. The number of aryl methyl sites for hydroxylation is 2. The fourth-order valence-corrected chi connectivity index (χ4v) is 1.90. The quantitative estimate of drug-likeness (QED) is 0.853. The molecule has 1 rings (SSSR count). The van der Waals surface area contributed by atoms with Gasteiger partial charge in [-0.3, -0.25) is 4.79 Å². The first kappa shape index (κ1) is 13.6. The Morgan fingerprint density at radius 2 is 2.00 bits per heavy atom. The Balaban J connectivity index is 2.66. The third-order valence-corrected chi connectivity index (χ3v) is 3.04. The normalized spacial score (nSPS) is 12.2. The molecule has 1 unspecified atom stereocenters. The van der Waals surface area contributed by atoms with E-state index in [9.17, 15) is 4.79 Å². The van der Waals surface area contributed by atoms with Crippen LogP contribution in [-0.4, -0.2) is 24.7 Å². The summed E-state index contributed by atoms with van der Waals surface area (Å²) in [4.78, 5) is 12.7. The van der Waals surface area contributed by atoms with Gasteiger partial charge in [0.2, 0.25) is 0 Å². The van der Waals surface area contributed by atoms with E-state index >= 15 is 0 Å². The van der Waals surface area contributed by atoms with Gasteiger partial charge in [-0.2, -0.15) is 0 Å². The molecule has 1 aromatic carbocycles. The molecule has 0 fully saturated rings. The summed E-state index contributed by atoms with van der Waals surface area (Å²) >= 11 is 0. The van der Waals surface area contributed by atoms with Crippen LogP contribution in [0.5, 0.6) is 0 Å². The molecule has 1 aromatic rings. The lowest BCUT2D eigenvalue weighted by molar-refractivity contribution is -0.137. The van der Waals surface area contributed by atoms with E-state index in [4.69, 9.17) is 5.11 Å². The molecule has 17 heavy (non-hydrogen) atoms. The molecule has 94 valence electrons. The van der Waals surface area contributed by atoms with Crippen LogP contribution in [0.1, 0.15) is 24.5 Å². The number of carboxylic acids is 1. The summed E-state index contributed by atoms with van der Waals surface area (Å²) in [6, 6.07) is 6.32. The van der Waals surface area contributed by atoms with Gasteiger partial charge in [0.15, 0.2) is 0 Å². The van der Waals surface area contributed by atoms with Crippen molar-refractivity contribution in [2.75, 3.05) is 18.5 Å². The Hall–Kier alpha value is -1.51. The summed E-state index contributed by atoms with van der Waals surface area (Å²) < 4.78 is 0. The van der Waals surface area contributed by atoms with E-state index < -0.39 is 5.97 Å². The van der Waals surface area contributed by atoms with Crippen molar-refractivity contribution in [2.45, 2.75) is 27.2 Å². The van der Waals surface area contributed by atoms with E-state index in [0.717, 1.165) is 12.2 Å². The Kier molecular flexibility index (Phi) is 4.55. The van der Waals surface area contributed by atoms with Crippen molar-refractivity contribution in [3.63, 3.8) is 0 Å². The van der Waals surface area contributed by atoms with Gasteiger partial charge in [0.25, 0.3) is 0 Å². The number of anilines is 1. The van der Waals surface area contributed by atoms with Gasteiger partial charge >= 0.3 is 5.97 Å². The van der Waals surface area contributed by atoms with Gasteiger partial charge < -0.3 is 10.0 Å². The summed E-state index contributed by atoms with van der Waals surface area (Å²) in [5.41, 5.74) is 3.69. The van der Waals surface area contributed by atoms with Crippen LogP contribution in [0.3, 0.4) is 0 Å². The van der Waals surface area contributed by atoms with Crippen molar-refractivity contribution in [3.05, 3.63) is 29.3 Å². The first-order valence-electron chi connectivity index (χ1n) is 5.90. The highest BCUT2D eigenvalue weighted by Crippen LogP contribution is 2.19. The molecule has 0 aliphatic carbocycles. The van der Waals surface area contributed by atoms with Crippen LogP contribution in [0, 0.1) is 19.8 Å². The second-order valence-corrected chi connectivity index (χ2v) is 4.85. The van der Waals surface area contributed by atoms with E-state index in [0.29, 0.717) is 0 Å². The van der Waals surface area contributed by atoms with Crippen molar-refractivity contribution >= 4 is 11.7 Å². The largest absolute Gasteiger partial charge is 0.481 e. The minimum Gasteiger partial charge on any atom is -0.481 e. The number of carbonyl (C=O) groups is 1. The molecule has 0 saturated carbocycles. The number of hydrogen-bond donors (Lipinski definition) is 1. The number of benzene rings is 1. The molecule has 0 aliphatic heterocycles. The van der Waals surface area contributed by atoms with E-state index in [2.05, 4.69) is 36.9 Å². The topological polar surface area (TPSA) is 40.5 Å². The molecule has 0 aromatic heterocycles. The van der Waals surface area contributed by atoms with E-state index in [-0.39, 0.29) is 12.3 Å². The first-order valence-corrected chi connectivity index (χ1v) is 5.90. The lowest BCUT2D eigenvalue weighted by atomic mass is 10.1. The van der Waals surface area contributed by atoms with Crippen LogP contribution >= 0.6 is 0 Å². The second kappa shape index (κ2) is 5.71.